The van der Waals surface area contributed by atoms with Crippen molar-refractivity contribution in [1.29, 1.82) is 0 Å². The summed E-state index contributed by atoms with van der Waals surface area (Å²) in [7, 11) is 0. The fraction of sp³-hybridized carbons (Fsp3) is 0.647. The molecule has 0 bridgehead atoms. The first kappa shape index (κ1) is 15.3. The van der Waals surface area contributed by atoms with Gasteiger partial charge in [0.1, 0.15) is 12.4 Å². The van der Waals surface area contributed by atoms with Crippen molar-refractivity contribution in [3.63, 3.8) is 0 Å². The first-order valence-corrected chi connectivity index (χ1v) is 7.83. The lowest BCUT2D eigenvalue weighted by molar-refractivity contribution is 0.0987. The van der Waals surface area contributed by atoms with Crippen LogP contribution in [0.5, 0.6) is 5.75 Å². The number of nitrogens with one attached hydrogen (secondary N) is 1. The largest absolute Gasteiger partial charge is 0.491 e. The van der Waals surface area contributed by atoms with Gasteiger partial charge in [-0.1, -0.05) is 38.0 Å². The molecule has 2 atom stereocenters. The van der Waals surface area contributed by atoms with Crippen LogP contribution in [0.3, 0.4) is 0 Å². The molecule has 1 fully saturated rings. The molecule has 0 heterocycles. The molecule has 1 aromatic rings. The lowest BCUT2D eigenvalue weighted by Gasteiger charge is -2.27. The second-order valence-electron chi connectivity index (χ2n) is 5.70. The van der Waals surface area contributed by atoms with E-state index < -0.39 is 0 Å². The molecular weight excluding hydrogens is 250 g/mol. The standard InChI is InChI=1S/C17H27NO2/c1-15-6-5-7-16(14-15)18-10-11-19-12-13-20-17-8-3-2-4-9-17/h2-4,8-9,15-16,18H,5-7,10-14H2,1H3. The summed E-state index contributed by atoms with van der Waals surface area (Å²) in [5, 5.41) is 3.59. The molecule has 1 N–H and O–H groups in total. The van der Waals surface area contributed by atoms with Crippen molar-refractivity contribution in [3.8, 4) is 5.75 Å². The molecule has 1 aliphatic carbocycles. The van der Waals surface area contributed by atoms with Crippen LogP contribution >= 0.6 is 0 Å². The summed E-state index contributed by atoms with van der Waals surface area (Å²) < 4.78 is 11.2. The molecule has 1 saturated carbocycles. The molecule has 0 spiro atoms. The number of rotatable bonds is 8. The lowest BCUT2D eigenvalue weighted by atomic mass is 9.87. The van der Waals surface area contributed by atoms with Crippen LogP contribution in [0, 0.1) is 5.92 Å². The Bertz CT molecular complexity index is 355. The third-order valence-electron chi connectivity index (χ3n) is 3.86. The van der Waals surface area contributed by atoms with E-state index in [9.17, 15) is 0 Å². The van der Waals surface area contributed by atoms with Crippen LogP contribution in [0.4, 0.5) is 0 Å². The van der Waals surface area contributed by atoms with Crippen molar-refractivity contribution in [3.05, 3.63) is 30.3 Å². The molecule has 20 heavy (non-hydrogen) atoms. The van der Waals surface area contributed by atoms with Crippen LogP contribution in [-0.4, -0.2) is 32.4 Å². The number of hydrogen-bond donors (Lipinski definition) is 1. The Kier molecular flexibility index (Phi) is 6.89. The Hall–Kier alpha value is -1.06. The van der Waals surface area contributed by atoms with Gasteiger partial charge >= 0.3 is 0 Å². The molecule has 2 unspecified atom stereocenters. The van der Waals surface area contributed by atoms with E-state index in [0.29, 0.717) is 19.3 Å². The van der Waals surface area contributed by atoms with Gasteiger partial charge in [-0.25, -0.2) is 0 Å². The lowest BCUT2D eigenvalue weighted by Crippen LogP contribution is -2.35. The molecule has 0 saturated heterocycles. The van der Waals surface area contributed by atoms with Crippen molar-refractivity contribution in [1.82, 2.24) is 5.32 Å². The topological polar surface area (TPSA) is 30.5 Å². The summed E-state index contributed by atoms with van der Waals surface area (Å²) >= 11 is 0. The Labute approximate surface area is 122 Å². The average molecular weight is 277 g/mol. The quantitative estimate of drug-likeness (QED) is 0.740. The fourth-order valence-corrected chi connectivity index (χ4v) is 2.79. The van der Waals surface area contributed by atoms with E-state index >= 15 is 0 Å². The zero-order valence-electron chi connectivity index (χ0n) is 12.5. The van der Waals surface area contributed by atoms with E-state index in [2.05, 4.69) is 12.2 Å². The normalized spacial score (nSPS) is 22.6. The third-order valence-corrected chi connectivity index (χ3v) is 3.86. The van der Waals surface area contributed by atoms with E-state index in [1.165, 1.54) is 25.7 Å². The van der Waals surface area contributed by atoms with E-state index in [1.807, 2.05) is 30.3 Å². The van der Waals surface area contributed by atoms with Crippen LogP contribution in [0.1, 0.15) is 32.6 Å². The van der Waals surface area contributed by atoms with Crippen molar-refractivity contribution in [2.45, 2.75) is 38.6 Å². The van der Waals surface area contributed by atoms with Gasteiger partial charge in [-0.3, -0.25) is 0 Å². The SMILES string of the molecule is CC1CCCC(NCCOCCOc2ccccc2)C1. The van der Waals surface area contributed by atoms with Gasteiger partial charge in [0.05, 0.1) is 13.2 Å². The molecule has 112 valence electrons. The van der Waals surface area contributed by atoms with Gasteiger partial charge in [0.2, 0.25) is 0 Å². The maximum absolute atomic E-state index is 5.59. The monoisotopic (exact) mass is 277 g/mol. The van der Waals surface area contributed by atoms with Gasteiger partial charge in [-0.2, -0.15) is 0 Å². The van der Waals surface area contributed by atoms with Gasteiger partial charge < -0.3 is 14.8 Å². The van der Waals surface area contributed by atoms with Gasteiger partial charge in [0.25, 0.3) is 0 Å². The summed E-state index contributed by atoms with van der Waals surface area (Å²) in [4.78, 5) is 0. The Balaban J connectivity index is 1.44. The molecule has 0 amide bonds. The highest BCUT2D eigenvalue weighted by molar-refractivity contribution is 5.20. The van der Waals surface area contributed by atoms with Crippen molar-refractivity contribution in [2.75, 3.05) is 26.4 Å². The van der Waals surface area contributed by atoms with E-state index in [1.54, 1.807) is 0 Å². The molecule has 0 aliphatic heterocycles. The second kappa shape index (κ2) is 8.98. The van der Waals surface area contributed by atoms with Gasteiger partial charge in [0.15, 0.2) is 0 Å². The molecule has 0 aromatic heterocycles. The zero-order valence-corrected chi connectivity index (χ0v) is 12.5. The van der Waals surface area contributed by atoms with Crippen LogP contribution in [0.15, 0.2) is 30.3 Å². The number of para-hydroxylation sites is 1. The Morgan fingerprint density at radius 2 is 1.95 bits per heavy atom. The van der Waals surface area contributed by atoms with Crippen LogP contribution in [0.2, 0.25) is 0 Å². The van der Waals surface area contributed by atoms with E-state index in [0.717, 1.165) is 24.8 Å². The summed E-state index contributed by atoms with van der Waals surface area (Å²) in [6, 6.07) is 10.6. The smallest absolute Gasteiger partial charge is 0.119 e. The van der Waals surface area contributed by atoms with Crippen molar-refractivity contribution in [2.24, 2.45) is 5.92 Å². The van der Waals surface area contributed by atoms with E-state index in [4.69, 9.17) is 9.47 Å². The molecule has 3 nitrogen and oxygen atoms in total. The molecule has 3 heteroatoms. The highest BCUT2D eigenvalue weighted by Crippen LogP contribution is 2.23. The van der Waals surface area contributed by atoms with Gasteiger partial charge in [0, 0.05) is 12.6 Å². The minimum Gasteiger partial charge on any atom is -0.491 e. The highest BCUT2D eigenvalue weighted by Gasteiger charge is 2.17. The maximum atomic E-state index is 5.59. The van der Waals surface area contributed by atoms with Crippen LogP contribution in [0.25, 0.3) is 0 Å². The number of ether oxygens (including phenoxy) is 2. The predicted molar refractivity (Wildman–Crippen MR) is 82.2 cm³/mol. The summed E-state index contributed by atoms with van der Waals surface area (Å²) in [6.45, 7) is 5.33. The maximum Gasteiger partial charge on any atom is 0.119 e. The molecule has 2 rings (SSSR count). The molecule has 1 aliphatic rings. The first-order valence-electron chi connectivity index (χ1n) is 7.83. The summed E-state index contributed by atoms with van der Waals surface area (Å²) in [5.74, 6) is 1.78. The number of benzene rings is 1. The second-order valence-corrected chi connectivity index (χ2v) is 5.70. The molecular formula is C17H27NO2. The zero-order chi connectivity index (χ0) is 14.0. The minimum atomic E-state index is 0.616. The Morgan fingerprint density at radius 3 is 2.75 bits per heavy atom. The summed E-state index contributed by atoms with van der Waals surface area (Å²) in [5.41, 5.74) is 0. The Morgan fingerprint density at radius 1 is 1.10 bits per heavy atom. The van der Waals surface area contributed by atoms with Crippen molar-refractivity contribution >= 4 is 0 Å². The van der Waals surface area contributed by atoms with E-state index in [-0.39, 0.29) is 0 Å². The van der Waals surface area contributed by atoms with Crippen LogP contribution in [-0.2, 0) is 4.74 Å². The van der Waals surface area contributed by atoms with Crippen molar-refractivity contribution < 1.29 is 9.47 Å². The van der Waals surface area contributed by atoms with Gasteiger partial charge in [-0.05, 0) is 30.9 Å². The average Bonchev–Trinajstić information content (AvgIpc) is 2.47. The fourth-order valence-electron chi connectivity index (χ4n) is 2.79. The van der Waals surface area contributed by atoms with Crippen LogP contribution < -0.4 is 10.1 Å². The van der Waals surface area contributed by atoms with Gasteiger partial charge in [-0.15, -0.1) is 0 Å². The first-order chi connectivity index (χ1) is 9.84. The predicted octanol–water partition coefficient (Wildman–Crippen LogP) is 3.25. The summed E-state index contributed by atoms with van der Waals surface area (Å²) in [6.07, 6.45) is 5.40. The number of hydrogen-bond acceptors (Lipinski definition) is 3. The highest BCUT2D eigenvalue weighted by atomic mass is 16.5. The minimum absolute atomic E-state index is 0.616. The molecule has 1 aromatic carbocycles. The molecule has 0 radical (unpaired) electrons. The third kappa shape index (κ3) is 5.93.